The number of carbonyl (C=O) groups excluding carboxylic acids is 1. The van der Waals surface area contributed by atoms with Gasteiger partial charge in [0.05, 0.1) is 17.6 Å². The van der Waals surface area contributed by atoms with Crippen molar-refractivity contribution in [2.75, 3.05) is 0 Å². The van der Waals surface area contributed by atoms with Crippen LogP contribution >= 0.6 is 0 Å². The van der Waals surface area contributed by atoms with Gasteiger partial charge in [-0.2, -0.15) is 5.10 Å². The molecule has 3 aromatic rings. The predicted octanol–water partition coefficient (Wildman–Crippen LogP) is -1.63. The third-order valence-electron chi connectivity index (χ3n) is 3.20. The zero-order valence-electron chi connectivity index (χ0n) is 12.4. The molecule has 1 aromatic carbocycles. The van der Waals surface area contributed by atoms with Gasteiger partial charge >= 0.3 is 18.9 Å². The number of benzene rings is 1. The minimum Gasteiger partial charge on any atom is -0.550 e. The molecule has 0 fully saturated rings. The van der Waals surface area contributed by atoms with Crippen LogP contribution in [0.3, 0.4) is 0 Å². The molecule has 110 valence electrons. The predicted molar refractivity (Wildman–Crippen MR) is 75.5 cm³/mol. The fourth-order valence-corrected chi connectivity index (χ4v) is 2.26. The van der Waals surface area contributed by atoms with E-state index >= 15 is 0 Å². The molecule has 0 spiro atoms. The fourth-order valence-electron chi connectivity index (χ4n) is 2.26. The van der Waals surface area contributed by atoms with E-state index in [1.807, 2.05) is 0 Å². The summed E-state index contributed by atoms with van der Waals surface area (Å²) in [5.41, 5.74) is 2.56. The number of hydrogen-bond donors (Lipinski definition) is 0. The first-order chi connectivity index (χ1) is 10.6. The number of rotatable bonds is 4. The van der Waals surface area contributed by atoms with Gasteiger partial charge in [0.25, 0.3) is 0 Å². The van der Waals surface area contributed by atoms with Gasteiger partial charge in [-0.05, 0) is 36.4 Å². The molecule has 2 heterocycles. The van der Waals surface area contributed by atoms with Crippen molar-refractivity contribution in [3.05, 3.63) is 66.4 Å². The first-order valence-corrected chi connectivity index (χ1v) is 6.58. The van der Waals surface area contributed by atoms with E-state index in [2.05, 4.69) is 10.1 Å². The van der Waals surface area contributed by atoms with Crippen LogP contribution in [0.4, 0.5) is 4.39 Å². The maximum absolute atomic E-state index is 13.1. The van der Waals surface area contributed by atoms with Gasteiger partial charge in [-0.15, -0.1) is 0 Å². The zero-order valence-corrected chi connectivity index (χ0v) is 12.4. The molecule has 3 rings (SSSR count). The van der Waals surface area contributed by atoms with Crippen LogP contribution in [0, 0.1) is 5.82 Å². The first-order valence-electron chi connectivity index (χ1n) is 6.58. The maximum Gasteiger partial charge on any atom is 1.00 e. The second-order valence-corrected chi connectivity index (χ2v) is 4.69. The van der Waals surface area contributed by atoms with Crippen LogP contribution in [-0.4, -0.2) is 20.7 Å². The van der Waals surface area contributed by atoms with E-state index in [1.165, 1.54) is 18.3 Å². The number of hydrogen-bond acceptors (Lipinski definition) is 4. The smallest absolute Gasteiger partial charge is 0.550 e. The number of carboxylic acids is 1. The summed E-state index contributed by atoms with van der Waals surface area (Å²) in [7, 11) is 0. The Morgan fingerprint density at radius 2 is 1.78 bits per heavy atom. The van der Waals surface area contributed by atoms with E-state index in [0.29, 0.717) is 16.9 Å². The second-order valence-electron chi connectivity index (χ2n) is 4.69. The normalized spacial score (nSPS) is 10.1. The van der Waals surface area contributed by atoms with E-state index in [-0.39, 0.29) is 31.1 Å². The van der Waals surface area contributed by atoms with Crippen molar-refractivity contribution in [1.82, 2.24) is 14.8 Å². The third-order valence-corrected chi connectivity index (χ3v) is 3.20. The Morgan fingerprint density at radius 3 is 2.39 bits per heavy atom. The van der Waals surface area contributed by atoms with Gasteiger partial charge in [0, 0.05) is 35.9 Å². The largest absolute Gasteiger partial charge is 1.00 e. The van der Waals surface area contributed by atoms with Crippen LogP contribution < -0.4 is 24.0 Å². The summed E-state index contributed by atoms with van der Waals surface area (Å²) < 4.78 is 14.7. The summed E-state index contributed by atoms with van der Waals surface area (Å²) in [5.74, 6) is -1.54. The Hall–Kier alpha value is -2.42. The topological polar surface area (TPSA) is 70.8 Å². The summed E-state index contributed by atoms with van der Waals surface area (Å²) in [6, 6.07) is 9.33. The first kappa shape index (κ1) is 16.9. The molecule has 0 radical (unpaired) electrons. The summed E-state index contributed by atoms with van der Waals surface area (Å²) in [6.45, 7) is 0. The molecule has 5 nitrogen and oxygen atoms in total. The quantitative estimate of drug-likeness (QED) is 0.543. The molecule has 0 atom stereocenters. The van der Waals surface area contributed by atoms with Crippen molar-refractivity contribution in [1.29, 1.82) is 0 Å². The van der Waals surface area contributed by atoms with Crippen molar-refractivity contribution in [3.63, 3.8) is 0 Å². The molecular formula is C16H11FLiN3O2. The SMILES string of the molecule is O=C([O-])Cc1cnn(-c2ccc(F)cc2)c1-c1ccncc1.[Li+]. The van der Waals surface area contributed by atoms with Crippen LogP contribution in [0.2, 0.25) is 0 Å². The van der Waals surface area contributed by atoms with Gasteiger partial charge in [0.1, 0.15) is 5.82 Å². The van der Waals surface area contributed by atoms with Crippen LogP contribution in [0.1, 0.15) is 5.56 Å². The van der Waals surface area contributed by atoms with E-state index in [1.54, 1.807) is 41.3 Å². The molecule has 2 aromatic heterocycles. The van der Waals surface area contributed by atoms with Gasteiger partial charge < -0.3 is 9.90 Å². The monoisotopic (exact) mass is 303 g/mol. The van der Waals surface area contributed by atoms with Gasteiger partial charge in [0.15, 0.2) is 0 Å². The molecule has 0 saturated heterocycles. The molecule has 0 aliphatic carbocycles. The number of pyridine rings is 1. The fraction of sp³-hybridized carbons (Fsp3) is 0.0625. The standard InChI is InChI=1S/C16H12FN3O2.Li/c17-13-1-3-14(4-2-13)20-16(11-5-7-18-8-6-11)12(10-19-20)9-15(21)22;/h1-8,10H,9H2,(H,21,22);/q;+1/p-1. The second kappa shape index (κ2) is 7.23. The molecule has 0 aliphatic heterocycles. The molecule has 0 saturated carbocycles. The summed E-state index contributed by atoms with van der Waals surface area (Å²) >= 11 is 0. The Balaban J connectivity index is 0.00000192. The average Bonchev–Trinajstić information content (AvgIpc) is 2.91. The number of halogens is 1. The van der Waals surface area contributed by atoms with E-state index in [0.717, 1.165) is 5.56 Å². The van der Waals surface area contributed by atoms with Gasteiger partial charge in [-0.1, -0.05) is 0 Å². The van der Waals surface area contributed by atoms with Crippen LogP contribution in [0.5, 0.6) is 0 Å². The maximum atomic E-state index is 13.1. The number of carboxylic acid groups (broad SMARTS) is 1. The number of nitrogens with zero attached hydrogens (tertiary/aromatic N) is 3. The molecule has 23 heavy (non-hydrogen) atoms. The van der Waals surface area contributed by atoms with Crippen molar-refractivity contribution in [2.24, 2.45) is 0 Å². The molecule has 0 N–H and O–H groups in total. The summed E-state index contributed by atoms with van der Waals surface area (Å²) in [6.07, 6.45) is 4.45. The van der Waals surface area contributed by atoms with Crippen molar-refractivity contribution >= 4 is 5.97 Å². The third kappa shape index (κ3) is 3.67. The molecular weight excluding hydrogens is 292 g/mol. The number of aromatic nitrogens is 3. The Morgan fingerprint density at radius 1 is 1.13 bits per heavy atom. The zero-order chi connectivity index (χ0) is 15.5. The van der Waals surface area contributed by atoms with Crippen LogP contribution in [0.25, 0.3) is 16.9 Å². The van der Waals surface area contributed by atoms with E-state index in [9.17, 15) is 14.3 Å². The van der Waals surface area contributed by atoms with Crippen molar-refractivity contribution in [3.8, 4) is 16.9 Å². The summed E-state index contributed by atoms with van der Waals surface area (Å²) in [4.78, 5) is 14.9. The molecule has 0 amide bonds. The van der Waals surface area contributed by atoms with E-state index < -0.39 is 5.97 Å². The molecule has 0 unspecified atom stereocenters. The number of carbonyl (C=O) groups is 1. The van der Waals surface area contributed by atoms with Gasteiger partial charge in [0.2, 0.25) is 0 Å². The molecule has 0 bridgehead atoms. The van der Waals surface area contributed by atoms with Crippen molar-refractivity contribution < 1.29 is 33.2 Å². The van der Waals surface area contributed by atoms with E-state index in [4.69, 9.17) is 0 Å². The summed E-state index contributed by atoms with van der Waals surface area (Å²) in [5, 5.41) is 15.2. The van der Waals surface area contributed by atoms with Crippen LogP contribution in [0.15, 0.2) is 55.0 Å². The molecule has 0 aliphatic rings. The minimum atomic E-state index is -1.19. The Labute approximate surface area is 144 Å². The van der Waals surface area contributed by atoms with Gasteiger partial charge in [-0.3, -0.25) is 4.98 Å². The Bertz CT molecular complexity index is 804. The number of aliphatic carboxylic acids is 1. The van der Waals surface area contributed by atoms with Crippen LogP contribution in [-0.2, 0) is 11.2 Å². The molecule has 7 heteroatoms. The Kier molecular flexibility index (Phi) is 5.32. The van der Waals surface area contributed by atoms with Crippen molar-refractivity contribution in [2.45, 2.75) is 6.42 Å². The average molecular weight is 303 g/mol. The van der Waals surface area contributed by atoms with Gasteiger partial charge in [-0.25, -0.2) is 9.07 Å². The minimum absolute atomic E-state index is 0.